The first-order chi connectivity index (χ1) is 13.8. The number of halogens is 2. The second-order valence-electron chi connectivity index (χ2n) is 6.68. The Bertz CT molecular complexity index is 1040. The molecular weight excluding hydrogens is 380 g/mol. The van der Waals surface area contributed by atoms with Crippen molar-refractivity contribution in [3.8, 4) is 28.8 Å². The number of piperidine rings is 1. The van der Waals surface area contributed by atoms with E-state index in [4.69, 9.17) is 10.5 Å². The molecule has 1 saturated heterocycles. The Hall–Kier alpha value is -3.47. The van der Waals surface area contributed by atoms with E-state index in [1.807, 2.05) is 0 Å². The number of likely N-dealkylation sites (tertiary alicyclic amines) is 1. The van der Waals surface area contributed by atoms with Crippen LogP contribution in [0.15, 0.2) is 24.3 Å². The first kappa shape index (κ1) is 20.3. The van der Waals surface area contributed by atoms with Crippen LogP contribution < -0.4 is 10.5 Å². The molecule has 1 aromatic heterocycles. The fourth-order valence-corrected chi connectivity index (χ4v) is 3.06. The number of hydrogen-bond acceptors (Lipinski definition) is 4. The van der Waals surface area contributed by atoms with Crippen LogP contribution in [-0.2, 0) is 4.79 Å². The SMILES string of the molecule is COc1cc(C(N)=O)nc(-c2cc(C#CC3CCCN(C)C3=O)c(F)cc2F)c1. The minimum absolute atomic E-state index is 0.0483. The lowest BCUT2D eigenvalue weighted by atomic mass is 9.97. The molecule has 0 aliphatic carbocycles. The van der Waals surface area contributed by atoms with Crippen LogP contribution in [0.25, 0.3) is 11.3 Å². The Balaban J connectivity index is 2.04. The number of aromatic nitrogens is 1. The van der Waals surface area contributed by atoms with Gasteiger partial charge in [-0.15, -0.1) is 0 Å². The molecule has 3 rings (SSSR count). The zero-order valence-electron chi connectivity index (χ0n) is 16.0. The van der Waals surface area contributed by atoms with Crippen molar-refractivity contribution >= 4 is 11.8 Å². The molecule has 1 aliphatic rings. The van der Waals surface area contributed by atoms with Crippen molar-refractivity contribution in [1.82, 2.24) is 9.88 Å². The van der Waals surface area contributed by atoms with E-state index in [0.29, 0.717) is 19.0 Å². The van der Waals surface area contributed by atoms with Crippen LogP contribution in [0.3, 0.4) is 0 Å². The monoisotopic (exact) mass is 399 g/mol. The number of nitrogens with zero attached hydrogens (tertiary/aromatic N) is 2. The number of carbonyl (C=O) groups excluding carboxylic acids is 2. The molecule has 2 N–H and O–H groups in total. The number of nitrogens with two attached hydrogens (primary N) is 1. The van der Waals surface area contributed by atoms with Crippen molar-refractivity contribution in [2.75, 3.05) is 20.7 Å². The molecule has 29 heavy (non-hydrogen) atoms. The van der Waals surface area contributed by atoms with Gasteiger partial charge in [-0.3, -0.25) is 9.59 Å². The standard InChI is InChI=1S/C21H19F2N3O3/c1-26-7-3-4-12(21(26)28)5-6-13-8-15(17(23)11-16(13)22)18-9-14(29-2)10-19(25-18)20(24)27/h8-12H,3-4,7H2,1-2H3,(H2,24,27). The third kappa shape index (κ3) is 4.35. The number of hydrogen-bond donors (Lipinski definition) is 1. The topological polar surface area (TPSA) is 85.5 Å². The second kappa shape index (κ2) is 8.27. The molecule has 1 aromatic carbocycles. The summed E-state index contributed by atoms with van der Waals surface area (Å²) in [5, 5.41) is 0. The van der Waals surface area contributed by atoms with Crippen LogP contribution in [0.2, 0.25) is 0 Å². The van der Waals surface area contributed by atoms with E-state index >= 15 is 0 Å². The highest BCUT2D eigenvalue weighted by Crippen LogP contribution is 2.28. The molecule has 8 heteroatoms. The fourth-order valence-electron chi connectivity index (χ4n) is 3.06. The van der Waals surface area contributed by atoms with Gasteiger partial charge in [-0.1, -0.05) is 11.8 Å². The maximum atomic E-state index is 14.4. The molecule has 0 bridgehead atoms. The number of primary amides is 1. The van der Waals surface area contributed by atoms with E-state index < -0.39 is 23.5 Å². The van der Waals surface area contributed by atoms with Crippen LogP contribution in [-0.4, -0.2) is 42.4 Å². The van der Waals surface area contributed by atoms with E-state index in [2.05, 4.69) is 16.8 Å². The van der Waals surface area contributed by atoms with Crippen LogP contribution in [0.4, 0.5) is 8.78 Å². The molecule has 1 atom stereocenters. The lowest BCUT2D eigenvalue weighted by molar-refractivity contribution is -0.134. The Morgan fingerprint density at radius 2 is 2.03 bits per heavy atom. The average Bonchev–Trinajstić information content (AvgIpc) is 2.69. The third-order valence-electron chi connectivity index (χ3n) is 4.66. The van der Waals surface area contributed by atoms with Gasteiger partial charge in [-0.2, -0.15) is 0 Å². The summed E-state index contributed by atoms with van der Waals surface area (Å²) in [6, 6.07) is 4.61. The Morgan fingerprint density at radius 3 is 2.72 bits per heavy atom. The molecule has 2 heterocycles. The van der Waals surface area contributed by atoms with Crippen molar-refractivity contribution in [2.24, 2.45) is 11.7 Å². The van der Waals surface area contributed by atoms with Crippen molar-refractivity contribution in [3.05, 3.63) is 47.2 Å². The lowest BCUT2D eigenvalue weighted by Gasteiger charge is -2.26. The second-order valence-corrected chi connectivity index (χ2v) is 6.68. The normalized spacial score (nSPS) is 16.2. The molecule has 2 amide bonds. The molecule has 2 aromatic rings. The summed E-state index contributed by atoms with van der Waals surface area (Å²) < 4.78 is 33.8. The zero-order chi connectivity index (χ0) is 21.1. The van der Waals surface area contributed by atoms with Crippen molar-refractivity contribution in [2.45, 2.75) is 12.8 Å². The van der Waals surface area contributed by atoms with Crippen LogP contribution in [0.5, 0.6) is 5.75 Å². The number of benzene rings is 1. The Morgan fingerprint density at radius 1 is 1.28 bits per heavy atom. The highest BCUT2D eigenvalue weighted by atomic mass is 19.1. The van der Waals surface area contributed by atoms with Crippen molar-refractivity contribution < 1.29 is 23.1 Å². The Labute approximate surface area is 166 Å². The largest absolute Gasteiger partial charge is 0.497 e. The summed E-state index contributed by atoms with van der Waals surface area (Å²) in [7, 11) is 3.07. The maximum absolute atomic E-state index is 14.4. The van der Waals surface area contributed by atoms with Crippen molar-refractivity contribution in [1.29, 1.82) is 0 Å². The van der Waals surface area contributed by atoms with Crippen LogP contribution in [0.1, 0.15) is 28.9 Å². The number of rotatable bonds is 3. The van der Waals surface area contributed by atoms with Gasteiger partial charge in [0.25, 0.3) is 5.91 Å². The number of methoxy groups -OCH3 is 1. The lowest BCUT2D eigenvalue weighted by Crippen LogP contribution is -2.37. The minimum atomic E-state index is -0.877. The summed E-state index contributed by atoms with van der Waals surface area (Å²) in [5.41, 5.74) is 5.05. The predicted octanol–water partition coefficient (Wildman–Crippen LogP) is 2.35. The molecule has 0 spiro atoms. The van der Waals surface area contributed by atoms with E-state index in [1.54, 1.807) is 11.9 Å². The quantitative estimate of drug-likeness (QED) is 0.803. The zero-order valence-corrected chi connectivity index (χ0v) is 16.0. The first-order valence-electron chi connectivity index (χ1n) is 8.92. The smallest absolute Gasteiger partial charge is 0.267 e. The maximum Gasteiger partial charge on any atom is 0.267 e. The molecule has 1 unspecified atom stereocenters. The Kier molecular flexibility index (Phi) is 5.78. The number of amides is 2. The molecule has 0 radical (unpaired) electrons. The van der Waals surface area contributed by atoms with E-state index in [1.165, 1.54) is 25.3 Å². The summed E-state index contributed by atoms with van der Waals surface area (Å²) >= 11 is 0. The summed E-state index contributed by atoms with van der Waals surface area (Å²) in [6.07, 6.45) is 1.40. The van der Waals surface area contributed by atoms with Crippen LogP contribution in [0, 0.1) is 29.4 Å². The van der Waals surface area contributed by atoms with Gasteiger partial charge >= 0.3 is 0 Å². The number of ether oxygens (including phenoxy) is 1. The fraction of sp³-hybridized carbons (Fsp3) is 0.286. The molecule has 1 fully saturated rings. The predicted molar refractivity (Wildman–Crippen MR) is 102 cm³/mol. The van der Waals surface area contributed by atoms with Gasteiger partial charge in [-0.25, -0.2) is 13.8 Å². The number of pyridine rings is 1. The third-order valence-corrected chi connectivity index (χ3v) is 4.66. The van der Waals surface area contributed by atoms with E-state index in [-0.39, 0.29) is 34.2 Å². The van der Waals surface area contributed by atoms with Gasteiger partial charge < -0.3 is 15.4 Å². The minimum Gasteiger partial charge on any atom is -0.497 e. The van der Waals surface area contributed by atoms with Gasteiger partial charge in [0.05, 0.1) is 24.3 Å². The van der Waals surface area contributed by atoms with Gasteiger partial charge in [0.2, 0.25) is 5.91 Å². The summed E-state index contributed by atoms with van der Waals surface area (Å²) in [5.74, 6) is 2.49. The first-order valence-corrected chi connectivity index (χ1v) is 8.92. The van der Waals surface area contributed by atoms with Gasteiger partial charge in [0, 0.05) is 37.4 Å². The van der Waals surface area contributed by atoms with E-state index in [9.17, 15) is 18.4 Å². The van der Waals surface area contributed by atoms with Gasteiger partial charge in [0.15, 0.2) is 0 Å². The van der Waals surface area contributed by atoms with Crippen LogP contribution >= 0.6 is 0 Å². The van der Waals surface area contributed by atoms with Gasteiger partial charge in [0.1, 0.15) is 23.1 Å². The van der Waals surface area contributed by atoms with Crippen molar-refractivity contribution in [3.63, 3.8) is 0 Å². The summed E-state index contributed by atoms with van der Waals surface area (Å²) in [6.45, 7) is 0.662. The average molecular weight is 399 g/mol. The summed E-state index contributed by atoms with van der Waals surface area (Å²) in [4.78, 5) is 29.2. The molecular formula is C21H19F2N3O3. The number of carbonyl (C=O) groups is 2. The molecule has 1 aliphatic heterocycles. The highest BCUT2D eigenvalue weighted by molar-refractivity contribution is 5.92. The molecule has 0 saturated carbocycles. The molecule has 150 valence electrons. The highest BCUT2D eigenvalue weighted by Gasteiger charge is 2.24. The molecule has 6 nitrogen and oxygen atoms in total. The van der Waals surface area contributed by atoms with Gasteiger partial charge in [-0.05, 0) is 18.9 Å². The van der Waals surface area contributed by atoms with E-state index in [0.717, 1.165) is 6.42 Å².